The Bertz CT molecular complexity index is 271. The van der Waals surface area contributed by atoms with Crippen molar-refractivity contribution in [3.8, 4) is 0 Å². The molecule has 0 saturated heterocycles. The van der Waals surface area contributed by atoms with Gasteiger partial charge in [-0.2, -0.15) is 0 Å². The summed E-state index contributed by atoms with van der Waals surface area (Å²) in [6, 6.07) is 0. The molecular formula is C8H8O3. The smallest absolute Gasteiger partial charge is 0.346 e. The van der Waals surface area contributed by atoms with E-state index in [0.29, 0.717) is 11.1 Å². The summed E-state index contributed by atoms with van der Waals surface area (Å²) in [5, 5.41) is 0. The second-order valence-electron chi connectivity index (χ2n) is 2.22. The van der Waals surface area contributed by atoms with E-state index in [9.17, 15) is 9.59 Å². The van der Waals surface area contributed by atoms with Crippen molar-refractivity contribution < 1.29 is 14.3 Å². The summed E-state index contributed by atoms with van der Waals surface area (Å²) in [7, 11) is 0. The SMILES string of the molecule is C/C=C\C1=C(C)C(=O)OC1=O. The van der Waals surface area contributed by atoms with E-state index in [0.717, 1.165) is 0 Å². The van der Waals surface area contributed by atoms with Gasteiger partial charge >= 0.3 is 11.9 Å². The average Bonchev–Trinajstić information content (AvgIpc) is 2.17. The predicted molar refractivity (Wildman–Crippen MR) is 38.6 cm³/mol. The van der Waals surface area contributed by atoms with Crippen LogP contribution in [0.15, 0.2) is 23.3 Å². The van der Waals surface area contributed by atoms with E-state index in [2.05, 4.69) is 4.74 Å². The molecule has 1 aliphatic rings. The van der Waals surface area contributed by atoms with Gasteiger partial charge in [-0.15, -0.1) is 0 Å². The van der Waals surface area contributed by atoms with Gasteiger partial charge < -0.3 is 4.74 Å². The Kier molecular flexibility index (Phi) is 1.89. The molecular weight excluding hydrogens is 144 g/mol. The lowest BCUT2D eigenvalue weighted by Gasteiger charge is -1.86. The summed E-state index contributed by atoms with van der Waals surface area (Å²) in [5.41, 5.74) is 0.741. The number of cyclic esters (lactones) is 2. The maximum absolute atomic E-state index is 10.8. The minimum atomic E-state index is -0.550. The van der Waals surface area contributed by atoms with Crippen LogP contribution >= 0.6 is 0 Å². The molecule has 3 heteroatoms. The van der Waals surface area contributed by atoms with Gasteiger partial charge in [0.15, 0.2) is 0 Å². The summed E-state index contributed by atoms with van der Waals surface area (Å²) in [4.78, 5) is 21.6. The Balaban J connectivity index is 3.06. The van der Waals surface area contributed by atoms with E-state index in [-0.39, 0.29) is 0 Å². The highest BCUT2D eigenvalue weighted by atomic mass is 16.6. The number of carbonyl (C=O) groups excluding carboxylic acids is 2. The third-order valence-corrected chi connectivity index (χ3v) is 1.45. The van der Waals surface area contributed by atoms with Crippen LogP contribution in [-0.4, -0.2) is 11.9 Å². The van der Waals surface area contributed by atoms with Crippen molar-refractivity contribution in [2.24, 2.45) is 0 Å². The molecule has 0 N–H and O–H groups in total. The molecule has 0 fully saturated rings. The van der Waals surface area contributed by atoms with Crippen molar-refractivity contribution in [1.29, 1.82) is 0 Å². The molecule has 0 aromatic rings. The van der Waals surface area contributed by atoms with Crippen LogP contribution in [0.3, 0.4) is 0 Å². The Morgan fingerprint density at radius 3 is 2.27 bits per heavy atom. The zero-order valence-corrected chi connectivity index (χ0v) is 6.38. The lowest BCUT2D eigenvalue weighted by atomic mass is 10.1. The van der Waals surface area contributed by atoms with E-state index < -0.39 is 11.9 Å². The Labute approximate surface area is 64.3 Å². The van der Waals surface area contributed by atoms with Crippen molar-refractivity contribution >= 4 is 11.9 Å². The molecule has 3 nitrogen and oxygen atoms in total. The second-order valence-corrected chi connectivity index (χ2v) is 2.22. The quantitative estimate of drug-likeness (QED) is 0.415. The molecule has 0 unspecified atom stereocenters. The number of carbonyl (C=O) groups is 2. The fraction of sp³-hybridized carbons (Fsp3) is 0.250. The molecule has 0 atom stereocenters. The topological polar surface area (TPSA) is 43.4 Å². The summed E-state index contributed by atoms with van der Waals surface area (Å²) in [6.07, 6.45) is 3.27. The average molecular weight is 152 g/mol. The van der Waals surface area contributed by atoms with Crippen LogP contribution in [0.25, 0.3) is 0 Å². The van der Waals surface area contributed by atoms with Gasteiger partial charge in [-0.1, -0.05) is 12.2 Å². The summed E-state index contributed by atoms with van der Waals surface area (Å²) in [6.45, 7) is 3.35. The van der Waals surface area contributed by atoms with Gasteiger partial charge in [0.05, 0.1) is 5.57 Å². The van der Waals surface area contributed by atoms with Gasteiger partial charge in [0, 0.05) is 5.57 Å². The molecule has 0 radical (unpaired) electrons. The normalized spacial score (nSPS) is 18.4. The third-order valence-electron chi connectivity index (χ3n) is 1.45. The lowest BCUT2D eigenvalue weighted by Crippen LogP contribution is -2.00. The molecule has 11 heavy (non-hydrogen) atoms. The van der Waals surface area contributed by atoms with Crippen molar-refractivity contribution in [2.45, 2.75) is 13.8 Å². The molecule has 0 bridgehead atoms. The number of allylic oxidation sites excluding steroid dienone is 1. The molecule has 0 spiro atoms. The summed E-state index contributed by atoms with van der Waals surface area (Å²) >= 11 is 0. The van der Waals surface area contributed by atoms with Crippen molar-refractivity contribution in [3.63, 3.8) is 0 Å². The minimum absolute atomic E-state index is 0.359. The van der Waals surface area contributed by atoms with Crippen LogP contribution < -0.4 is 0 Å². The molecule has 0 aromatic carbocycles. The number of rotatable bonds is 1. The molecule has 0 aliphatic carbocycles. The van der Waals surface area contributed by atoms with Gasteiger partial charge in [0.2, 0.25) is 0 Å². The zero-order chi connectivity index (χ0) is 8.43. The highest BCUT2D eigenvalue weighted by Crippen LogP contribution is 2.17. The highest BCUT2D eigenvalue weighted by Gasteiger charge is 2.27. The van der Waals surface area contributed by atoms with Crippen LogP contribution in [0.4, 0.5) is 0 Å². The van der Waals surface area contributed by atoms with Crippen molar-refractivity contribution in [1.82, 2.24) is 0 Å². The first-order valence-corrected chi connectivity index (χ1v) is 3.27. The Morgan fingerprint density at radius 2 is 1.91 bits per heavy atom. The lowest BCUT2D eigenvalue weighted by molar-refractivity contribution is -0.150. The number of hydrogen-bond donors (Lipinski definition) is 0. The standard InChI is InChI=1S/C8H8O3/c1-3-4-6-5(2)7(9)11-8(6)10/h3-4H,1-2H3/b4-3-. The third kappa shape index (κ3) is 1.22. The van der Waals surface area contributed by atoms with E-state index >= 15 is 0 Å². The van der Waals surface area contributed by atoms with Crippen LogP contribution in [0.1, 0.15) is 13.8 Å². The zero-order valence-electron chi connectivity index (χ0n) is 6.38. The summed E-state index contributed by atoms with van der Waals surface area (Å²) in [5.74, 6) is -1.09. The van der Waals surface area contributed by atoms with Crippen LogP contribution in [0.2, 0.25) is 0 Å². The van der Waals surface area contributed by atoms with Gasteiger partial charge in [-0.05, 0) is 13.8 Å². The molecule has 0 amide bonds. The largest absolute Gasteiger partial charge is 0.386 e. The van der Waals surface area contributed by atoms with Crippen molar-refractivity contribution in [3.05, 3.63) is 23.3 Å². The highest BCUT2D eigenvalue weighted by molar-refractivity contribution is 6.13. The summed E-state index contributed by atoms with van der Waals surface area (Å²) < 4.78 is 4.34. The van der Waals surface area contributed by atoms with Gasteiger partial charge in [-0.3, -0.25) is 0 Å². The predicted octanol–water partition coefficient (Wildman–Crippen LogP) is 0.962. The second kappa shape index (κ2) is 2.70. The number of esters is 2. The monoisotopic (exact) mass is 152 g/mol. The fourth-order valence-corrected chi connectivity index (χ4v) is 0.838. The molecule has 1 rings (SSSR count). The van der Waals surface area contributed by atoms with Gasteiger partial charge in [0.1, 0.15) is 0 Å². The Hall–Kier alpha value is -1.38. The first kappa shape index (κ1) is 7.72. The van der Waals surface area contributed by atoms with Gasteiger partial charge in [0.25, 0.3) is 0 Å². The first-order valence-electron chi connectivity index (χ1n) is 3.27. The van der Waals surface area contributed by atoms with Crippen LogP contribution in [-0.2, 0) is 14.3 Å². The van der Waals surface area contributed by atoms with E-state index in [1.165, 1.54) is 0 Å². The number of ether oxygens (including phenoxy) is 1. The Morgan fingerprint density at radius 1 is 1.27 bits per heavy atom. The molecule has 1 heterocycles. The van der Waals surface area contributed by atoms with Crippen molar-refractivity contribution in [2.75, 3.05) is 0 Å². The van der Waals surface area contributed by atoms with E-state index in [1.54, 1.807) is 26.0 Å². The molecule has 0 saturated carbocycles. The van der Waals surface area contributed by atoms with E-state index in [1.807, 2.05) is 0 Å². The maximum atomic E-state index is 10.8. The van der Waals surface area contributed by atoms with Gasteiger partial charge in [-0.25, -0.2) is 9.59 Å². The maximum Gasteiger partial charge on any atom is 0.346 e. The molecule has 0 aromatic heterocycles. The molecule has 58 valence electrons. The van der Waals surface area contributed by atoms with Crippen LogP contribution in [0.5, 0.6) is 0 Å². The van der Waals surface area contributed by atoms with Crippen LogP contribution in [0, 0.1) is 0 Å². The molecule has 1 aliphatic heterocycles. The number of hydrogen-bond acceptors (Lipinski definition) is 3. The first-order chi connectivity index (χ1) is 5.16. The minimum Gasteiger partial charge on any atom is -0.386 e. The fourth-order valence-electron chi connectivity index (χ4n) is 0.838. The van der Waals surface area contributed by atoms with E-state index in [4.69, 9.17) is 0 Å².